The zero-order valence-corrected chi connectivity index (χ0v) is 9.42. The van der Waals surface area contributed by atoms with E-state index in [0.29, 0.717) is 5.69 Å². The molecule has 0 aliphatic carbocycles. The lowest BCUT2D eigenvalue weighted by molar-refractivity contribution is -0.139. The second-order valence-electron chi connectivity index (χ2n) is 3.71. The number of carboxylic acid groups (broad SMARTS) is 1. The Kier molecular flexibility index (Phi) is 3.43. The molecular formula is C13H11NO4. The summed E-state index contributed by atoms with van der Waals surface area (Å²) in [5.41, 5.74) is 2.33. The summed E-state index contributed by atoms with van der Waals surface area (Å²) in [5.74, 6) is -1.70. The Bertz CT molecular complexity index is 560. The SMILES string of the molecule is O=C(O)CC(=O)Nc1cccc(-c2ccoc2)c1. The third-order valence-corrected chi connectivity index (χ3v) is 2.31. The number of hydrogen-bond donors (Lipinski definition) is 2. The normalized spacial score (nSPS) is 10.0. The van der Waals surface area contributed by atoms with Crippen LogP contribution in [0.25, 0.3) is 11.1 Å². The maximum Gasteiger partial charge on any atom is 0.312 e. The number of rotatable bonds is 4. The van der Waals surface area contributed by atoms with Crippen LogP contribution in [-0.4, -0.2) is 17.0 Å². The fourth-order valence-corrected chi connectivity index (χ4v) is 1.55. The van der Waals surface area contributed by atoms with Gasteiger partial charge in [-0.3, -0.25) is 9.59 Å². The summed E-state index contributed by atoms with van der Waals surface area (Å²) in [5, 5.41) is 11.0. The summed E-state index contributed by atoms with van der Waals surface area (Å²) in [7, 11) is 0. The monoisotopic (exact) mass is 245 g/mol. The predicted octanol–water partition coefficient (Wildman–Crippen LogP) is 2.36. The van der Waals surface area contributed by atoms with Gasteiger partial charge < -0.3 is 14.8 Å². The molecule has 1 aromatic carbocycles. The molecule has 5 heteroatoms. The molecular weight excluding hydrogens is 234 g/mol. The van der Waals surface area contributed by atoms with Crippen molar-refractivity contribution in [3.8, 4) is 11.1 Å². The first-order valence-corrected chi connectivity index (χ1v) is 5.29. The molecule has 0 radical (unpaired) electrons. The standard InChI is InChI=1S/C13H11NO4/c15-12(7-13(16)17)14-11-3-1-2-9(6-11)10-4-5-18-8-10/h1-6,8H,7H2,(H,14,15)(H,16,17). The summed E-state index contributed by atoms with van der Waals surface area (Å²) in [4.78, 5) is 21.7. The van der Waals surface area contributed by atoms with Crippen LogP contribution in [0.15, 0.2) is 47.3 Å². The average molecular weight is 245 g/mol. The predicted molar refractivity (Wildman–Crippen MR) is 65.0 cm³/mol. The molecule has 1 heterocycles. The van der Waals surface area contributed by atoms with Gasteiger partial charge in [-0.2, -0.15) is 0 Å². The van der Waals surface area contributed by atoms with E-state index in [1.165, 1.54) is 0 Å². The van der Waals surface area contributed by atoms with Crippen LogP contribution >= 0.6 is 0 Å². The molecule has 0 atom stereocenters. The number of hydrogen-bond acceptors (Lipinski definition) is 3. The number of benzene rings is 1. The lowest BCUT2D eigenvalue weighted by atomic mass is 10.1. The summed E-state index contributed by atoms with van der Waals surface area (Å²) in [6.07, 6.45) is 2.61. The minimum atomic E-state index is -1.15. The summed E-state index contributed by atoms with van der Waals surface area (Å²) < 4.78 is 4.98. The van der Waals surface area contributed by atoms with Crippen LogP contribution in [-0.2, 0) is 9.59 Å². The lowest BCUT2D eigenvalue weighted by Crippen LogP contribution is -2.15. The Balaban J connectivity index is 2.13. The first-order chi connectivity index (χ1) is 8.65. The van der Waals surface area contributed by atoms with Gasteiger partial charge in [-0.05, 0) is 23.8 Å². The van der Waals surface area contributed by atoms with E-state index in [9.17, 15) is 9.59 Å². The second kappa shape index (κ2) is 5.18. The lowest BCUT2D eigenvalue weighted by Gasteiger charge is -2.05. The third kappa shape index (κ3) is 2.98. The van der Waals surface area contributed by atoms with E-state index < -0.39 is 18.3 Å². The smallest absolute Gasteiger partial charge is 0.312 e. The van der Waals surface area contributed by atoms with Crippen molar-refractivity contribution < 1.29 is 19.1 Å². The van der Waals surface area contributed by atoms with Crippen LogP contribution in [0.2, 0.25) is 0 Å². The van der Waals surface area contributed by atoms with Crippen molar-refractivity contribution in [2.45, 2.75) is 6.42 Å². The molecule has 0 unspecified atom stereocenters. The zero-order valence-electron chi connectivity index (χ0n) is 9.42. The molecule has 92 valence electrons. The van der Waals surface area contributed by atoms with Gasteiger partial charge in [-0.25, -0.2) is 0 Å². The zero-order chi connectivity index (χ0) is 13.0. The highest BCUT2D eigenvalue weighted by molar-refractivity contribution is 6.01. The van der Waals surface area contributed by atoms with Crippen molar-refractivity contribution in [1.82, 2.24) is 0 Å². The Labute approximate surface area is 103 Å². The maximum atomic E-state index is 11.3. The van der Waals surface area contributed by atoms with Gasteiger partial charge >= 0.3 is 5.97 Å². The van der Waals surface area contributed by atoms with Gasteiger partial charge in [0, 0.05) is 11.3 Å². The molecule has 2 aromatic rings. The number of carboxylic acids is 1. The number of carbonyl (C=O) groups is 2. The highest BCUT2D eigenvalue weighted by Gasteiger charge is 2.08. The van der Waals surface area contributed by atoms with Crippen LogP contribution in [0.1, 0.15) is 6.42 Å². The fourth-order valence-electron chi connectivity index (χ4n) is 1.55. The van der Waals surface area contributed by atoms with Crippen molar-refractivity contribution in [3.05, 3.63) is 42.9 Å². The molecule has 1 amide bonds. The average Bonchev–Trinajstić information content (AvgIpc) is 2.81. The van der Waals surface area contributed by atoms with Gasteiger partial charge in [0.25, 0.3) is 0 Å². The van der Waals surface area contributed by atoms with Crippen LogP contribution in [0.4, 0.5) is 5.69 Å². The first kappa shape index (κ1) is 11.9. The largest absolute Gasteiger partial charge is 0.481 e. The molecule has 0 spiro atoms. The van der Waals surface area contributed by atoms with Gasteiger partial charge in [0.1, 0.15) is 6.42 Å². The molecule has 0 bridgehead atoms. The van der Waals surface area contributed by atoms with E-state index in [2.05, 4.69) is 5.32 Å². The van der Waals surface area contributed by atoms with Crippen LogP contribution in [0.3, 0.4) is 0 Å². The van der Waals surface area contributed by atoms with Crippen molar-refractivity contribution in [1.29, 1.82) is 0 Å². The van der Waals surface area contributed by atoms with E-state index >= 15 is 0 Å². The van der Waals surface area contributed by atoms with E-state index in [-0.39, 0.29) is 0 Å². The Morgan fingerprint density at radius 2 is 2.06 bits per heavy atom. The van der Waals surface area contributed by atoms with Crippen molar-refractivity contribution in [2.24, 2.45) is 0 Å². The number of anilines is 1. The molecule has 0 aliphatic heterocycles. The number of carbonyl (C=O) groups excluding carboxylic acids is 1. The summed E-state index contributed by atoms with van der Waals surface area (Å²) in [6.45, 7) is 0. The maximum absolute atomic E-state index is 11.3. The molecule has 0 saturated carbocycles. The van der Waals surface area contributed by atoms with Gasteiger partial charge in [0.2, 0.25) is 5.91 Å². The molecule has 5 nitrogen and oxygen atoms in total. The van der Waals surface area contributed by atoms with Gasteiger partial charge in [-0.1, -0.05) is 12.1 Å². The van der Waals surface area contributed by atoms with Crippen LogP contribution < -0.4 is 5.32 Å². The number of furan rings is 1. The Hall–Kier alpha value is -2.56. The highest BCUT2D eigenvalue weighted by atomic mass is 16.4. The van der Waals surface area contributed by atoms with E-state index in [4.69, 9.17) is 9.52 Å². The van der Waals surface area contributed by atoms with Crippen molar-refractivity contribution in [3.63, 3.8) is 0 Å². The van der Waals surface area contributed by atoms with Crippen LogP contribution in [0.5, 0.6) is 0 Å². The van der Waals surface area contributed by atoms with E-state index in [1.807, 2.05) is 6.07 Å². The van der Waals surface area contributed by atoms with Crippen molar-refractivity contribution >= 4 is 17.6 Å². The highest BCUT2D eigenvalue weighted by Crippen LogP contribution is 2.22. The van der Waals surface area contributed by atoms with Gasteiger partial charge in [-0.15, -0.1) is 0 Å². The Morgan fingerprint density at radius 3 is 2.72 bits per heavy atom. The summed E-state index contributed by atoms with van der Waals surface area (Å²) in [6, 6.07) is 8.91. The molecule has 2 N–H and O–H groups in total. The molecule has 2 rings (SSSR count). The quantitative estimate of drug-likeness (QED) is 0.810. The summed E-state index contributed by atoms with van der Waals surface area (Å²) >= 11 is 0. The van der Waals surface area contributed by atoms with Gasteiger partial charge in [0.05, 0.1) is 12.5 Å². The first-order valence-electron chi connectivity index (χ1n) is 5.29. The number of amides is 1. The number of aliphatic carboxylic acids is 1. The molecule has 1 aromatic heterocycles. The second-order valence-corrected chi connectivity index (χ2v) is 3.71. The van der Waals surface area contributed by atoms with E-state index in [1.54, 1.807) is 36.8 Å². The molecule has 0 aliphatic rings. The topological polar surface area (TPSA) is 79.5 Å². The number of nitrogens with one attached hydrogen (secondary N) is 1. The fraction of sp³-hybridized carbons (Fsp3) is 0.0769. The van der Waals surface area contributed by atoms with E-state index in [0.717, 1.165) is 11.1 Å². The van der Waals surface area contributed by atoms with Crippen molar-refractivity contribution in [2.75, 3.05) is 5.32 Å². The van der Waals surface area contributed by atoms with Gasteiger partial charge in [0.15, 0.2) is 0 Å². The minimum absolute atomic E-state index is 0.546. The molecule has 0 saturated heterocycles. The molecule has 18 heavy (non-hydrogen) atoms. The van der Waals surface area contributed by atoms with Crippen LogP contribution in [0, 0.1) is 0 Å². The minimum Gasteiger partial charge on any atom is -0.481 e. The third-order valence-electron chi connectivity index (χ3n) is 2.31. The Morgan fingerprint density at radius 1 is 1.22 bits per heavy atom. The molecule has 0 fully saturated rings.